The highest BCUT2D eigenvalue weighted by Crippen LogP contribution is 2.13. The van der Waals surface area contributed by atoms with E-state index in [0.717, 1.165) is 17.7 Å². The molecule has 0 fully saturated rings. The average Bonchev–Trinajstić information content (AvgIpc) is 2.95. The number of hydrogen-bond donors (Lipinski definition) is 0. The third-order valence-corrected chi connectivity index (χ3v) is 2.84. The van der Waals surface area contributed by atoms with Gasteiger partial charge in [-0.3, -0.25) is 9.59 Å². The summed E-state index contributed by atoms with van der Waals surface area (Å²) in [7, 11) is 0. The number of hydrogen-bond acceptors (Lipinski definition) is 4. The van der Waals surface area contributed by atoms with Crippen molar-refractivity contribution >= 4 is 17.6 Å². The number of hydrazone groups is 1. The third-order valence-electron chi connectivity index (χ3n) is 2.84. The second-order valence-corrected chi connectivity index (χ2v) is 4.19. The third kappa shape index (κ3) is 3.40. The SMILES string of the molecule is CCC(=O)OCC(=O)N1CCC(c2ccccc2)=N1. The summed E-state index contributed by atoms with van der Waals surface area (Å²) in [6.07, 6.45) is 0.989. The van der Waals surface area contributed by atoms with E-state index in [-0.39, 0.29) is 24.9 Å². The lowest BCUT2D eigenvalue weighted by Gasteiger charge is -2.11. The molecule has 1 aliphatic rings. The summed E-state index contributed by atoms with van der Waals surface area (Å²) in [5.74, 6) is -0.660. The first kappa shape index (κ1) is 13.3. The minimum absolute atomic E-state index is 0.238. The number of esters is 1. The fourth-order valence-corrected chi connectivity index (χ4v) is 1.79. The number of nitrogens with zero attached hydrogens (tertiary/aromatic N) is 2. The van der Waals surface area contributed by atoms with Crippen LogP contribution in [0.5, 0.6) is 0 Å². The average molecular weight is 260 g/mol. The van der Waals surface area contributed by atoms with E-state index in [4.69, 9.17) is 4.74 Å². The Hall–Kier alpha value is -2.17. The molecule has 5 nitrogen and oxygen atoms in total. The maximum atomic E-state index is 11.8. The van der Waals surface area contributed by atoms with Gasteiger partial charge in [0.1, 0.15) is 0 Å². The van der Waals surface area contributed by atoms with E-state index < -0.39 is 0 Å². The van der Waals surface area contributed by atoms with Gasteiger partial charge in [-0.1, -0.05) is 37.3 Å². The van der Waals surface area contributed by atoms with Gasteiger partial charge in [0.25, 0.3) is 5.91 Å². The molecule has 1 aromatic rings. The second kappa shape index (κ2) is 6.13. The van der Waals surface area contributed by atoms with Crippen LogP contribution in [0, 0.1) is 0 Å². The fraction of sp³-hybridized carbons (Fsp3) is 0.357. The van der Waals surface area contributed by atoms with E-state index in [1.807, 2.05) is 30.3 Å². The van der Waals surface area contributed by atoms with Crippen LogP contribution in [0.25, 0.3) is 0 Å². The molecule has 0 spiro atoms. The molecule has 1 aromatic carbocycles. The Kier molecular flexibility index (Phi) is 4.28. The molecule has 0 unspecified atom stereocenters. The molecule has 0 N–H and O–H groups in total. The van der Waals surface area contributed by atoms with Crippen molar-refractivity contribution in [3.05, 3.63) is 35.9 Å². The van der Waals surface area contributed by atoms with Gasteiger partial charge in [-0.25, -0.2) is 5.01 Å². The molecule has 5 heteroatoms. The smallest absolute Gasteiger partial charge is 0.306 e. The lowest BCUT2D eigenvalue weighted by Crippen LogP contribution is -2.28. The summed E-state index contributed by atoms with van der Waals surface area (Å²) < 4.78 is 4.81. The van der Waals surface area contributed by atoms with E-state index in [1.165, 1.54) is 5.01 Å². The van der Waals surface area contributed by atoms with Crippen LogP contribution in [0.15, 0.2) is 35.4 Å². The van der Waals surface area contributed by atoms with Gasteiger partial charge in [0.2, 0.25) is 0 Å². The second-order valence-electron chi connectivity index (χ2n) is 4.19. The minimum Gasteiger partial charge on any atom is -0.455 e. The van der Waals surface area contributed by atoms with Crippen LogP contribution >= 0.6 is 0 Å². The first-order valence-electron chi connectivity index (χ1n) is 6.29. The highest BCUT2D eigenvalue weighted by Gasteiger charge is 2.22. The van der Waals surface area contributed by atoms with Crippen molar-refractivity contribution in [3.63, 3.8) is 0 Å². The van der Waals surface area contributed by atoms with Crippen molar-refractivity contribution in [2.24, 2.45) is 5.10 Å². The van der Waals surface area contributed by atoms with Gasteiger partial charge < -0.3 is 4.74 Å². The lowest BCUT2D eigenvalue weighted by atomic mass is 10.1. The van der Waals surface area contributed by atoms with Crippen molar-refractivity contribution in [1.29, 1.82) is 0 Å². The largest absolute Gasteiger partial charge is 0.455 e. The van der Waals surface area contributed by atoms with E-state index in [1.54, 1.807) is 6.92 Å². The number of ether oxygens (including phenoxy) is 1. The quantitative estimate of drug-likeness (QED) is 0.772. The van der Waals surface area contributed by atoms with Crippen LogP contribution in [-0.4, -0.2) is 35.7 Å². The van der Waals surface area contributed by atoms with Gasteiger partial charge in [-0.05, 0) is 5.56 Å². The topological polar surface area (TPSA) is 59.0 Å². The zero-order chi connectivity index (χ0) is 13.7. The molecule has 1 heterocycles. The highest BCUT2D eigenvalue weighted by molar-refractivity contribution is 6.02. The molecular formula is C14H16N2O3. The van der Waals surface area contributed by atoms with Crippen molar-refractivity contribution < 1.29 is 14.3 Å². The van der Waals surface area contributed by atoms with E-state index >= 15 is 0 Å². The number of carbonyl (C=O) groups excluding carboxylic acids is 2. The van der Waals surface area contributed by atoms with Crippen LogP contribution in [0.3, 0.4) is 0 Å². The van der Waals surface area contributed by atoms with E-state index in [2.05, 4.69) is 5.10 Å². The molecule has 1 amide bonds. The van der Waals surface area contributed by atoms with Crippen LogP contribution in [0.4, 0.5) is 0 Å². The predicted octanol–water partition coefficient (Wildman–Crippen LogP) is 1.58. The number of amides is 1. The van der Waals surface area contributed by atoms with Gasteiger partial charge >= 0.3 is 5.97 Å². The Balaban J connectivity index is 1.95. The molecular weight excluding hydrogens is 244 g/mol. The predicted molar refractivity (Wildman–Crippen MR) is 70.6 cm³/mol. The van der Waals surface area contributed by atoms with Gasteiger partial charge in [0.15, 0.2) is 6.61 Å². The van der Waals surface area contributed by atoms with Gasteiger partial charge in [-0.2, -0.15) is 5.10 Å². The van der Waals surface area contributed by atoms with Gasteiger partial charge in [-0.15, -0.1) is 0 Å². The Morgan fingerprint density at radius 2 is 2.05 bits per heavy atom. The number of rotatable bonds is 4. The molecule has 0 saturated heterocycles. The van der Waals surface area contributed by atoms with Crippen LogP contribution in [0.2, 0.25) is 0 Å². The summed E-state index contributed by atoms with van der Waals surface area (Å²) in [6, 6.07) is 9.73. The molecule has 2 rings (SSSR count). The van der Waals surface area contributed by atoms with Gasteiger partial charge in [0, 0.05) is 12.8 Å². The molecule has 100 valence electrons. The normalized spacial score (nSPS) is 14.2. The van der Waals surface area contributed by atoms with E-state index in [9.17, 15) is 9.59 Å². The number of carbonyl (C=O) groups is 2. The fourth-order valence-electron chi connectivity index (χ4n) is 1.79. The molecule has 0 bridgehead atoms. The van der Waals surface area contributed by atoms with Crippen molar-refractivity contribution in [3.8, 4) is 0 Å². The monoisotopic (exact) mass is 260 g/mol. The zero-order valence-electron chi connectivity index (χ0n) is 10.8. The molecule has 0 saturated carbocycles. The molecule has 19 heavy (non-hydrogen) atoms. The molecule has 0 atom stereocenters. The molecule has 0 aliphatic carbocycles. The Bertz CT molecular complexity index is 497. The summed E-state index contributed by atoms with van der Waals surface area (Å²) >= 11 is 0. The highest BCUT2D eigenvalue weighted by atomic mass is 16.5. The molecule has 1 aliphatic heterocycles. The van der Waals surface area contributed by atoms with E-state index in [0.29, 0.717) is 6.54 Å². The minimum atomic E-state index is -0.375. The summed E-state index contributed by atoms with van der Waals surface area (Å²) in [6.45, 7) is 1.99. The Labute approximate surface area is 111 Å². The Morgan fingerprint density at radius 1 is 1.32 bits per heavy atom. The first-order chi connectivity index (χ1) is 9.20. The van der Waals surface area contributed by atoms with Gasteiger partial charge in [0.05, 0.1) is 12.3 Å². The van der Waals surface area contributed by atoms with Crippen LogP contribution < -0.4 is 0 Å². The Morgan fingerprint density at radius 3 is 2.74 bits per heavy atom. The molecule has 0 aromatic heterocycles. The number of benzene rings is 1. The maximum Gasteiger partial charge on any atom is 0.306 e. The zero-order valence-corrected chi connectivity index (χ0v) is 10.8. The standard InChI is InChI=1S/C14H16N2O3/c1-2-14(18)19-10-13(17)16-9-8-12(15-16)11-6-4-3-5-7-11/h3-7H,2,8-10H2,1H3. The van der Waals surface area contributed by atoms with Crippen LogP contribution in [0.1, 0.15) is 25.3 Å². The van der Waals surface area contributed by atoms with Crippen molar-refractivity contribution in [1.82, 2.24) is 5.01 Å². The first-order valence-corrected chi connectivity index (χ1v) is 6.29. The van der Waals surface area contributed by atoms with Crippen molar-refractivity contribution in [2.75, 3.05) is 13.2 Å². The lowest BCUT2D eigenvalue weighted by molar-refractivity contribution is -0.151. The van der Waals surface area contributed by atoms with Crippen LogP contribution in [-0.2, 0) is 14.3 Å². The summed E-state index contributed by atoms with van der Waals surface area (Å²) in [4.78, 5) is 22.8. The van der Waals surface area contributed by atoms with Crippen molar-refractivity contribution in [2.45, 2.75) is 19.8 Å². The summed E-state index contributed by atoms with van der Waals surface area (Å²) in [5.41, 5.74) is 1.90. The molecule has 0 radical (unpaired) electrons. The maximum absolute atomic E-state index is 11.8. The summed E-state index contributed by atoms with van der Waals surface area (Å²) in [5, 5.41) is 5.64.